The van der Waals surface area contributed by atoms with E-state index in [1.165, 1.54) is 23.9 Å². The second-order valence-corrected chi connectivity index (χ2v) is 8.70. The molecule has 2 aromatic rings. The van der Waals surface area contributed by atoms with Crippen molar-refractivity contribution in [2.75, 3.05) is 45.9 Å². The highest BCUT2D eigenvalue weighted by atomic mass is 35.5. The molecule has 0 atom stereocenters. The molecule has 2 aliphatic rings. The van der Waals surface area contributed by atoms with Crippen molar-refractivity contribution in [1.82, 2.24) is 9.80 Å². The molecule has 0 unspecified atom stereocenters. The summed E-state index contributed by atoms with van der Waals surface area (Å²) in [6.07, 6.45) is -1.47. The fourth-order valence-corrected chi connectivity index (χ4v) is 5.12. The topological polar surface area (TPSA) is 26.7 Å². The summed E-state index contributed by atoms with van der Waals surface area (Å²) < 4.78 is 39.9. The molecule has 32 heavy (non-hydrogen) atoms. The molecule has 1 saturated heterocycles. The number of alkyl halides is 3. The molecule has 0 bridgehead atoms. The molecule has 9 heteroatoms. The standard InChI is InChI=1S/C23H25F3N2OS.2ClH/c24-23(25,26)17-7-8-22-20(16-17)18(19-4-1-2-6-21(19)30-22)5-3-9-27-10-12-28(13-11-27)14-15-29;;/h1-2,4-8,16,29H,3,9-15H2;2*1H/b18-5+;;. The molecule has 0 radical (unpaired) electrons. The van der Waals surface area contributed by atoms with Gasteiger partial charge in [-0.25, -0.2) is 0 Å². The minimum absolute atomic E-state index is 0. The van der Waals surface area contributed by atoms with Crippen molar-refractivity contribution < 1.29 is 18.3 Å². The molecule has 1 fully saturated rings. The Morgan fingerprint density at radius 2 is 1.50 bits per heavy atom. The largest absolute Gasteiger partial charge is 0.416 e. The van der Waals surface area contributed by atoms with Gasteiger partial charge in [0.05, 0.1) is 12.2 Å². The summed E-state index contributed by atoms with van der Waals surface area (Å²) in [7, 11) is 0. The van der Waals surface area contributed by atoms with Crippen molar-refractivity contribution in [2.24, 2.45) is 0 Å². The number of aliphatic hydroxyl groups is 1. The molecule has 0 amide bonds. The van der Waals surface area contributed by atoms with E-state index < -0.39 is 11.7 Å². The average molecular weight is 507 g/mol. The Morgan fingerprint density at radius 3 is 2.16 bits per heavy atom. The summed E-state index contributed by atoms with van der Waals surface area (Å²) in [5.41, 5.74) is 1.96. The first-order valence-corrected chi connectivity index (χ1v) is 11.0. The van der Waals surface area contributed by atoms with Gasteiger partial charge >= 0.3 is 6.18 Å². The normalized spacial score (nSPS) is 17.8. The summed E-state index contributed by atoms with van der Waals surface area (Å²) >= 11 is 1.53. The van der Waals surface area contributed by atoms with Gasteiger partial charge in [-0.3, -0.25) is 4.90 Å². The van der Waals surface area contributed by atoms with E-state index in [2.05, 4.69) is 15.9 Å². The van der Waals surface area contributed by atoms with Crippen LogP contribution in [0.5, 0.6) is 0 Å². The molecule has 3 nitrogen and oxygen atoms in total. The molecule has 0 saturated carbocycles. The Kier molecular flexibility index (Phi) is 9.94. The average Bonchev–Trinajstić information content (AvgIpc) is 2.73. The molecule has 2 aliphatic heterocycles. The molecule has 0 spiro atoms. The lowest BCUT2D eigenvalue weighted by Gasteiger charge is -2.34. The van der Waals surface area contributed by atoms with Crippen LogP contribution in [0.3, 0.4) is 0 Å². The Bertz CT molecular complexity index is 932. The zero-order chi connectivity index (χ0) is 21.1. The van der Waals surface area contributed by atoms with Crippen molar-refractivity contribution in [1.29, 1.82) is 0 Å². The van der Waals surface area contributed by atoms with Crippen LogP contribution in [0.15, 0.2) is 58.3 Å². The van der Waals surface area contributed by atoms with Crippen LogP contribution in [0.2, 0.25) is 0 Å². The smallest absolute Gasteiger partial charge is 0.395 e. The Morgan fingerprint density at radius 1 is 0.875 bits per heavy atom. The maximum absolute atomic E-state index is 13.3. The SMILES string of the molecule is Cl.Cl.OCCN1CCN(CC/C=C2\c3ccccc3Sc3ccc(C(F)(F)F)cc32)CC1. The maximum Gasteiger partial charge on any atom is 0.416 e. The lowest BCUT2D eigenvalue weighted by atomic mass is 9.94. The van der Waals surface area contributed by atoms with Crippen LogP contribution >= 0.6 is 36.6 Å². The second-order valence-electron chi connectivity index (χ2n) is 7.62. The van der Waals surface area contributed by atoms with Gasteiger partial charge in [-0.05, 0) is 47.4 Å². The first kappa shape index (κ1) is 27.0. The van der Waals surface area contributed by atoms with E-state index in [0.717, 1.165) is 60.1 Å². The van der Waals surface area contributed by atoms with Crippen molar-refractivity contribution in [3.05, 3.63) is 65.2 Å². The fourth-order valence-electron chi connectivity index (χ4n) is 4.04. The maximum atomic E-state index is 13.3. The van der Waals surface area contributed by atoms with E-state index in [1.54, 1.807) is 6.07 Å². The third kappa shape index (κ3) is 6.22. The van der Waals surface area contributed by atoms with Crippen LogP contribution in [-0.2, 0) is 6.18 Å². The van der Waals surface area contributed by atoms with Crippen LogP contribution in [0.1, 0.15) is 23.1 Å². The Balaban J connectivity index is 0.00000181. The van der Waals surface area contributed by atoms with E-state index in [0.29, 0.717) is 12.1 Å². The molecule has 2 aromatic carbocycles. The lowest BCUT2D eigenvalue weighted by Crippen LogP contribution is -2.47. The Labute approximate surface area is 203 Å². The predicted octanol–water partition coefficient (Wildman–Crippen LogP) is 5.45. The molecular formula is C23H27Cl2F3N2OS. The van der Waals surface area contributed by atoms with Gasteiger partial charge < -0.3 is 10.0 Å². The van der Waals surface area contributed by atoms with Crippen LogP contribution in [0.4, 0.5) is 13.2 Å². The predicted molar refractivity (Wildman–Crippen MR) is 128 cm³/mol. The molecule has 1 N–H and O–H groups in total. The second kappa shape index (κ2) is 11.8. The van der Waals surface area contributed by atoms with E-state index >= 15 is 0 Å². The summed E-state index contributed by atoms with van der Waals surface area (Å²) in [4.78, 5) is 6.57. The van der Waals surface area contributed by atoms with Gasteiger partial charge in [-0.1, -0.05) is 36.0 Å². The minimum atomic E-state index is -4.35. The van der Waals surface area contributed by atoms with Gasteiger partial charge in [0, 0.05) is 49.1 Å². The number of piperazine rings is 1. The molecular weight excluding hydrogens is 480 g/mol. The third-order valence-corrected chi connectivity index (χ3v) is 6.82. The molecule has 0 aliphatic carbocycles. The van der Waals surface area contributed by atoms with Crippen LogP contribution < -0.4 is 0 Å². The van der Waals surface area contributed by atoms with E-state index in [-0.39, 0.29) is 31.4 Å². The van der Waals surface area contributed by atoms with Gasteiger partial charge in [-0.15, -0.1) is 24.8 Å². The summed E-state index contributed by atoms with van der Waals surface area (Å²) in [5, 5.41) is 9.06. The van der Waals surface area contributed by atoms with Crippen molar-refractivity contribution in [3.63, 3.8) is 0 Å². The minimum Gasteiger partial charge on any atom is -0.395 e. The number of nitrogens with zero attached hydrogens (tertiary/aromatic N) is 2. The number of rotatable bonds is 5. The van der Waals surface area contributed by atoms with Gasteiger partial charge in [-0.2, -0.15) is 13.2 Å². The van der Waals surface area contributed by atoms with Crippen LogP contribution in [0, 0.1) is 0 Å². The van der Waals surface area contributed by atoms with Crippen molar-refractivity contribution in [3.8, 4) is 0 Å². The van der Waals surface area contributed by atoms with Crippen LogP contribution in [-0.4, -0.2) is 60.8 Å². The monoisotopic (exact) mass is 506 g/mol. The molecule has 2 heterocycles. The summed E-state index contributed by atoms with van der Waals surface area (Å²) in [5.74, 6) is 0. The van der Waals surface area contributed by atoms with Gasteiger partial charge in [0.1, 0.15) is 0 Å². The summed E-state index contributed by atoms with van der Waals surface area (Å²) in [6, 6.07) is 12.0. The highest BCUT2D eigenvalue weighted by Gasteiger charge is 2.32. The van der Waals surface area contributed by atoms with Gasteiger partial charge in [0.2, 0.25) is 0 Å². The zero-order valence-electron chi connectivity index (χ0n) is 17.5. The number of aliphatic hydroxyl groups excluding tert-OH is 1. The molecule has 0 aromatic heterocycles. The summed E-state index contributed by atoms with van der Waals surface area (Å²) in [6.45, 7) is 5.55. The quantitative estimate of drug-likeness (QED) is 0.497. The van der Waals surface area contributed by atoms with Crippen molar-refractivity contribution >= 4 is 42.1 Å². The van der Waals surface area contributed by atoms with Gasteiger partial charge in [0.25, 0.3) is 0 Å². The van der Waals surface area contributed by atoms with E-state index in [4.69, 9.17) is 5.11 Å². The first-order valence-electron chi connectivity index (χ1n) is 10.2. The molecule has 176 valence electrons. The highest BCUT2D eigenvalue weighted by Crippen LogP contribution is 2.47. The number of fused-ring (bicyclic) bond motifs is 2. The number of hydrogen-bond acceptors (Lipinski definition) is 4. The first-order chi connectivity index (χ1) is 14.5. The lowest BCUT2D eigenvalue weighted by molar-refractivity contribution is -0.137. The Hall–Kier alpha value is -1.22. The fraction of sp³-hybridized carbons (Fsp3) is 0.391. The van der Waals surface area contributed by atoms with Crippen LogP contribution in [0.25, 0.3) is 5.57 Å². The number of halogens is 5. The number of β-amino-alcohol motifs (C(OH)–C–C–N with tert-alkyl or cyclic N) is 1. The van der Waals surface area contributed by atoms with E-state index in [1.807, 2.05) is 24.3 Å². The number of benzene rings is 2. The zero-order valence-corrected chi connectivity index (χ0v) is 19.9. The van der Waals surface area contributed by atoms with E-state index in [9.17, 15) is 13.2 Å². The molecule has 4 rings (SSSR count). The third-order valence-electron chi connectivity index (χ3n) is 5.67. The van der Waals surface area contributed by atoms with Crippen molar-refractivity contribution in [2.45, 2.75) is 22.4 Å². The van der Waals surface area contributed by atoms with Gasteiger partial charge in [0.15, 0.2) is 0 Å². The highest BCUT2D eigenvalue weighted by molar-refractivity contribution is 7.99. The number of hydrogen-bond donors (Lipinski definition) is 1.